The number of amidine groups is 1. The fourth-order valence-electron chi connectivity index (χ4n) is 1.22. The number of nitrogens with zero attached hydrogens (tertiary/aromatic N) is 1. The molecule has 1 N–H and O–H groups in total. The predicted molar refractivity (Wildman–Crippen MR) is 59.4 cm³/mol. The summed E-state index contributed by atoms with van der Waals surface area (Å²) in [6.07, 6.45) is 0. The van der Waals surface area contributed by atoms with Gasteiger partial charge in [0.25, 0.3) is 0 Å². The lowest BCUT2D eigenvalue weighted by Gasteiger charge is -2.06. The summed E-state index contributed by atoms with van der Waals surface area (Å²) in [5.74, 6) is -0.240. The van der Waals surface area contributed by atoms with Gasteiger partial charge in [0.05, 0.1) is 12.2 Å². The first kappa shape index (κ1) is 9.52. The van der Waals surface area contributed by atoms with Crippen LogP contribution in [0.15, 0.2) is 29.3 Å². The molecule has 2 rings (SSSR count). The molecule has 1 aromatic rings. The Labute approximate surface area is 86.6 Å². The summed E-state index contributed by atoms with van der Waals surface area (Å²) in [7, 11) is 0. The van der Waals surface area contributed by atoms with E-state index in [0.717, 1.165) is 11.7 Å². The van der Waals surface area contributed by atoms with Crippen LogP contribution in [0.4, 0.5) is 10.1 Å². The molecule has 1 atom stereocenters. The van der Waals surface area contributed by atoms with Crippen LogP contribution < -0.4 is 5.32 Å². The summed E-state index contributed by atoms with van der Waals surface area (Å²) in [6.45, 7) is 2.91. The SMILES string of the molecule is CC1CN=C(Nc2ccccc2F)S1. The number of para-hydroxylation sites is 1. The zero-order valence-corrected chi connectivity index (χ0v) is 8.64. The average Bonchev–Trinajstić information content (AvgIpc) is 2.56. The standard InChI is InChI=1S/C10H11FN2S/c1-7-6-12-10(14-7)13-9-5-3-2-4-8(9)11/h2-5,7H,6H2,1H3,(H,12,13). The van der Waals surface area contributed by atoms with E-state index in [1.165, 1.54) is 6.07 Å². The van der Waals surface area contributed by atoms with Gasteiger partial charge in [-0.15, -0.1) is 0 Å². The van der Waals surface area contributed by atoms with Crippen LogP contribution in [-0.2, 0) is 0 Å². The van der Waals surface area contributed by atoms with Crippen molar-refractivity contribution in [2.45, 2.75) is 12.2 Å². The maximum absolute atomic E-state index is 13.2. The summed E-state index contributed by atoms with van der Waals surface area (Å²) in [5.41, 5.74) is 0.493. The van der Waals surface area contributed by atoms with Crippen molar-refractivity contribution >= 4 is 22.6 Å². The van der Waals surface area contributed by atoms with Crippen LogP contribution >= 0.6 is 11.8 Å². The monoisotopic (exact) mass is 210 g/mol. The lowest BCUT2D eigenvalue weighted by Crippen LogP contribution is -2.07. The molecule has 1 unspecified atom stereocenters. The van der Waals surface area contributed by atoms with E-state index in [2.05, 4.69) is 17.2 Å². The molecule has 0 saturated carbocycles. The van der Waals surface area contributed by atoms with E-state index in [4.69, 9.17) is 0 Å². The molecule has 2 nitrogen and oxygen atoms in total. The maximum Gasteiger partial charge on any atom is 0.161 e. The number of nitrogens with one attached hydrogen (secondary N) is 1. The third-order valence-electron chi connectivity index (χ3n) is 1.92. The molecule has 0 fully saturated rings. The van der Waals surface area contributed by atoms with E-state index in [9.17, 15) is 4.39 Å². The quantitative estimate of drug-likeness (QED) is 0.770. The summed E-state index contributed by atoms with van der Waals surface area (Å²) in [5, 5.41) is 4.28. The lowest BCUT2D eigenvalue weighted by molar-refractivity contribution is 0.632. The third kappa shape index (κ3) is 2.07. The number of anilines is 1. The van der Waals surface area contributed by atoms with Crippen LogP contribution in [0, 0.1) is 5.82 Å². The van der Waals surface area contributed by atoms with Crippen molar-refractivity contribution in [3.05, 3.63) is 30.1 Å². The maximum atomic E-state index is 13.2. The Morgan fingerprint density at radius 2 is 2.29 bits per heavy atom. The van der Waals surface area contributed by atoms with E-state index in [0.29, 0.717) is 10.9 Å². The molecule has 14 heavy (non-hydrogen) atoms. The first-order valence-corrected chi connectivity index (χ1v) is 5.36. The largest absolute Gasteiger partial charge is 0.333 e. The second-order valence-corrected chi connectivity index (χ2v) is 4.61. The second-order valence-electron chi connectivity index (χ2n) is 3.18. The molecule has 1 heterocycles. The van der Waals surface area contributed by atoms with Crippen molar-refractivity contribution in [3.8, 4) is 0 Å². The van der Waals surface area contributed by atoms with Crippen LogP contribution in [0.25, 0.3) is 0 Å². The lowest BCUT2D eigenvalue weighted by atomic mass is 10.3. The number of halogens is 1. The molecular weight excluding hydrogens is 199 g/mol. The van der Waals surface area contributed by atoms with Gasteiger partial charge in [0.15, 0.2) is 5.17 Å². The van der Waals surface area contributed by atoms with Crippen molar-refractivity contribution in [2.24, 2.45) is 4.99 Å². The summed E-state index contributed by atoms with van der Waals surface area (Å²) in [6, 6.07) is 6.62. The van der Waals surface area contributed by atoms with Gasteiger partial charge in [-0.3, -0.25) is 4.99 Å². The number of hydrogen-bond donors (Lipinski definition) is 1. The summed E-state index contributed by atoms with van der Waals surface area (Å²) < 4.78 is 13.2. The first-order valence-electron chi connectivity index (χ1n) is 4.48. The van der Waals surface area contributed by atoms with Gasteiger partial charge in [0, 0.05) is 5.25 Å². The molecule has 0 saturated heterocycles. The Bertz CT molecular complexity index is 365. The molecule has 0 aliphatic carbocycles. The minimum Gasteiger partial charge on any atom is -0.333 e. The molecule has 0 aromatic heterocycles. The fourth-order valence-corrected chi connectivity index (χ4v) is 2.07. The zero-order valence-electron chi connectivity index (χ0n) is 7.83. The van der Waals surface area contributed by atoms with E-state index < -0.39 is 0 Å². The molecule has 4 heteroatoms. The van der Waals surface area contributed by atoms with Gasteiger partial charge in [-0.2, -0.15) is 0 Å². The highest BCUT2D eigenvalue weighted by atomic mass is 32.2. The van der Waals surface area contributed by atoms with Crippen molar-refractivity contribution in [2.75, 3.05) is 11.9 Å². The van der Waals surface area contributed by atoms with Gasteiger partial charge in [-0.1, -0.05) is 30.8 Å². The Morgan fingerprint density at radius 1 is 1.50 bits per heavy atom. The van der Waals surface area contributed by atoms with Crippen molar-refractivity contribution < 1.29 is 4.39 Å². The van der Waals surface area contributed by atoms with Gasteiger partial charge in [-0.25, -0.2) is 4.39 Å². The fraction of sp³-hybridized carbons (Fsp3) is 0.300. The smallest absolute Gasteiger partial charge is 0.161 e. The molecule has 0 radical (unpaired) electrons. The topological polar surface area (TPSA) is 24.4 Å². The second kappa shape index (κ2) is 4.00. The minimum atomic E-state index is -0.240. The molecule has 0 spiro atoms. The normalized spacial score (nSPS) is 20.7. The molecule has 1 aliphatic heterocycles. The van der Waals surface area contributed by atoms with Gasteiger partial charge in [0.2, 0.25) is 0 Å². The van der Waals surface area contributed by atoms with Crippen LogP contribution in [-0.4, -0.2) is 17.0 Å². The molecular formula is C10H11FN2S. The van der Waals surface area contributed by atoms with Gasteiger partial charge in [0.1, 0.15) is 5.82 Å². The van der Waals surface area contributed by atoms with Crippen LogP contribution in [0.2, 0.25) is 0 Å². The summed E-state index contributed by atoms with van der Waals surface area (Å²) in [4.78, 5) is 4.25. The third-order valence-corrected chi connectivity index (χ3v) is 2.93. The number of thioether (sulfide) groups is 1. The molecule has 74 valence electrons. The zero-order chi connectivity index (χ0) is 9.97. The van der Waals surface area contributed by atoms with Gasteiger partial charge < -0.3 is 5.32 Å². The van der Waals surface area contributed by atoms with Crippen LogP contribution in [0.5, 0.6) is 0 Å². The first-order chi connectivity index (χ1) is 6.75. The van der Waals surface area contributed by atoms with E-state index in [1.54, 1.807) is 30.0 Å². The summed E-state index contributed by atoms with van der Waals surface area (Å²) >= 11 is 1.64. The number of hydrogen-bond acceptors (Lipinski definition) is 3. The van der Waals surface area contributed by atoms with Crippen molar-refractivity contribution in [3.63, 3.8) is 0 Å². The van der Waals surface area contributed by atoms with Gasteiger partial charge >= 0.3 is 0 Å². The Morgan fingerprint density at radius 3 is 2.93 bits per heavy atom. The van der Waals surface area contributed by atoms with Crippen molar-refractivity contribution in [1.29, 1.82) is 0 Å². The molecule has 1 aromatic carbocycles. The Kier molecular flexibility index (Phi) is 2.72. The van der Waals surface area contributed by atoms with E-state index >= 15 is 0 Å². The number of rotatable bonds is 1. The Balaban J connectivity index is 2.08. The van der Waals surface area contributed by atoms with Crippen LogP contribution in [0.3, 0.4) is 0 Å². The average molecular weight is 210 g/mol. The molecule has 0 bridgehead atoms. The highest BCUT2D eigenvalue weighted by Gasteiger charge is 2.15. The van der Waals surface area contributed by atoms with E-state index in [1.807, 2.05) is 0 Å². The highest BCUT2D eigenvalue weighted by molar-refractivity contribution is 8.15. The predicted octanol–water partition coefficient (Wildman–Crippen LogP) is 2.73. The van der Waals surface area contributed by atoms with Gasteiger partial charge in [-0.05, 0) is 12.1 Å². The van der Waals surface area contributed by atoms with Crippen molar-refractivity contribution in [1.82, 2.24) is 0 Å². The number of benzene rings is 1. The highest BCUT2D eigenvalue weighted by Crippen LogP contribution is 2.22. The molecule has 1 aliphatic rings. The van der Waals surface area contributed by atoms with Crippen LogP contribution in [0.1, 0.15) is 6.92 Å². The van der Waals surface area contributed by atoms with E-state index in [-0.39, 0.29) is 5.82 Å². The number of aliphatic imine (C=N–C) groups is 1. The Hall–Kier alpha value is -1.03. The minimum absolute atomic E-state index is 0.240. The molecule has 0 amide bonds.